The molecule has 2 aliphatic heterocycles. The van der Waals surface area contributed by atoms with Crippen LogP contribution in [0.5, 0.6) is 0 Å². The van der Waals surface area contributed by atoms with Gasteiger partial charge in [0.05, 0.1) is 12.1 Å². The molecule has 3 aromatic rings. The lowest BCUT2D eigenvalue weighted by Gasteiger charge is -2.31. The topological polar surface area (TPSA) is 139 Å². The van der Waals surface area contributed by atoms with E-state index in [0.717, 1.165) is 28.0 Å². The summed E-state index contributed by atoms with van der Waals surface area (Å²) in [6.45, 7) is 2.41. The van der Waals surface area contributed by atoms with Crippen LogP contribution in [0.4, 0.5) is 33.9 Å². The van der Waals surface area contributed by atoms with Crippen LogP contribution in [0.3, 0.4) is 0 Å². The Morgan fingerprint density at radius 1 is 1.07 bits per heavy atom. The molecule has 0 saturated carbocycles. The largest absolute Gasteiger partial charge is 0.416 e. The third-order valence-corrected chi connectivity index (χ3v) is 7.23. The fourth-order valence-electron chi connectivity index (χ4n) is 4.89. The van der Waals surface area contributed by atoms with Crippen LogP contribution in [0.1, 0.15) is 27.4 Å². The number of urea groups is 1. The molecule has 2 aromatic heterocycles. The monoisotopic (exact) mass is 635 g/mol. The Hall–Kier alpha value is -5.77. The van der Waals surface area contributed by atoms with Gasteiger partial charge in [-0.2, -0.15) is 18.4 Å². The molecule has 2 fully saturated rings. The number of carbonyl (C=O) groups is 3. The zero-order chi connectivity index (χ0) is 33.0. The van der Waals surface area contributed by atoms with Gasteiger partial charge in [-0.25, -0.2) is 14.2 Å². The third-order valence-electron chi connectivity index (χ3n) is 7.23. The van der Waals surface area contributed by atoms with Crippen molar-refractivity contribution in [2.24, 2.45) is 0 Å². The van der Waals surface area contributed by atoms with Crippen molar-refractivity contribution in [2.75, 3.05) is 49.1 Å². The minimum absolute atomic E-state index is 0.00706. The molecule has 0 aliphatic carbocycles. The highest BCUT2D eigenvalue weighted by atomic mass is 19.4. The molecule has 4 heterocycles. The Morgan fingerprint density at radius 2 is 1.78 bits per heavy atom. The van der Waals surface area contributed by atoms with Gasteiger partial charge in [-0.3, -0.25) is 19.4 Å². The van der Waals surface area contributed by atoms with Gasteiger partial charge in [-0.15, -0.1) is 10.2 Å². The summed E-state index contributed by atoms with van der Waals surface area (Å²) in [7, 11) is 0. The SMILES string of the molecule is Cc1cc(C(F)(F)F)cc(N2C(=O)NC[C@H]2C(=O)N(CC#Cc2ccc(C(=O)N3CCN(C#N)CC3)nn2)c2ccc(F)cc2)n1. The molecule has 236 valence electrons. The Labute approximate surface area is 260 Å². The lowest BCUT2D eigenvalue weighted by Crippen LogP contribution is -2.48. The van der Waals surface area contributed by atoms with Crippen LogP contribution < -0.4 is 15.1 Å². The highest BCUT2D eigenvalue weighted by molar-refractivity contribution is 6.08. The van der Waals surface area contributed by atoms with E-state index in [1.54, 1.807) is 9.80 Å². The summed E-state index contributed by atoms with van der Waals surface area (Å²) in [6, 6.07) is 7.25. The van der Waals surface area contributed by atoms with Gasteiger partial charge in [-0.1, -0.05) is 5.92 Å². The van der Waals surface area contributed by atoms with Crippen molar-refractivity contribution in [3.8, 4) is 18.0 Å². The Balaban J connectivity index is 1.36. The fourth-order valence-corrected chi connectivity index (χ4v) is 4.89. The zero-order valence-electron chi connectivity index (χ0n) is 24.3. The molecule has 1 atom stereocenters. The standard InChI is InChI=1S/C30H25F4N9O3/c1-19-15-20(30(32,33)34)16-26(37-19)43-25(17-36-29(43)46)28(45)42(23-7-4-21(31)5-8-23)10-2-3-22-6-9-24(39-38-22)27(44)41-13-11-40(18-35)12-14-41/h4-9,15-16,25H,10-14,17H2,1H3,(H,36,46)/t25-/m0/s1. The second-order valence-electron chi connectivity index (χ2n) is 10.3. The molecule has 0 bridgehead atoms. The first-order valence-electron chi connectivity index (χ1n) is 13.9. The number of aromatic nitrogens is 3. The number of aryl methyl sites for hydroxylation is 1. The van der Waals surface area contributed by atoms with Crippen LogP contribution >= 0.6 is 0 Å². The first-order valence-corrected chi connectivity index (χ1v) is 13.9. The summed E-state index contributed by atoms with van der Waals surface area (Å²) in [6.07, 6.45) is -2.67. The molecule has 1 aromatic carbocycles. The lowest BCUT2D eigenvalue weighted by molar-refractivity contribution is -0.137. The lowest BCUT2D eigenvalue weighted by atomic mass is 10.1. The molecule has 16 heteroatoms. The summed E-state index contributed by atoms with van der Waals surface area (Å²) < 4.78 is 54.3. The minimum atomic E-state index is -4.71. The molecule has 12 nitrogen and oxygen atoms in total. The second kappa shape index (κ2) is 13.1. The smallest absolute Gasteiger partial charge is 0.335 e. The van der Waals surface area contributed by atoms with E-state index in [0.29, 0.717) is 32.2 Å². The van der Waals surface area contributed by atoms with Crippen LogP contribution in [0.15, 0.2) is 48.5 Å². The van der Waals surface area contributed by atoms with E-state index in [2.05, 4.69) is 32.3 Å². The summed E-state index contributed by atoms with van der Waals surface area (Å²) in [5, 5.41) is 19.4. The molecule has 1 N–H and O–H groups in total. The second-order valence-corrected chi connectivity index (χ2v) is 10.3. The summed E-state index contributed by atoms with van der Waals surface area (Å²) >= 11 is 0. The average molecular weight is 636 g/mol. The van der Waals surface area contributed by atoms with Gasteiger partial charge in [0.2, 0.25) is 0 Å². The number of nitriles is 1. The number of anilines is 2. The fraction of sp³-hybridized carbons (Fsp3) is 0.300. The first-order chi connectivity index (χ1) is 21.9. The van der Waals surface area contributed by atoms with E-state index < -0.39 is 35.5 Å². The van der Waals surface area contributed by atoms with Crippen LogP contribution in [0.25, 0.3) is 0 Å². The maximum Gasteiger partial charge on any atom is 0.416 e. The van der Waals surface area contributed by atoms with Crippen LogP contribution in [-0.2, 0) is 11.0 Å². The van der Waals surface area contributed by atoms with Crippen LogP contribution in [0, 0.1) is 36.0 Å². The van der Waals surface area contributed by atoms with E-state index in [-0.39, 0.29) is 47.6 Å². The molecule has 4 amide bonds. The number of amides is 4. The van der Waals surface area contributed by atoms with Crippen LogP contribution in [0.2, 0.25) is 0 Å². The number of halogens is 4. The number of nitrogens with one attached hydrogen (secondary N) is 1. The molecular formula is C30H25F4N9O3. The summed E-state index contributed by atoms with van der Waals surface area (Å²) in [5.74, 6) is 3.56. The van der Waals surface area contributed by atoms with E-state index in [1.165, 1.54) is 31.2 Å². The first kappa shape index (κ1) is 31.6. The number of rotatable bonds is 5. The van der Waals surface area contributed by atoms with E-state index >= 15 is 0 Å². The number of hydrogen-bond donors (Lipinski definition) is 1. The number of alkyl halides is 3. The molecule has 46 heavy (non-hydrogen) atoms. The van der Waals surface area contributed by atoms with E-state index in [9.17, 15) is 31.9 Å². The Morgan fingerprint density at radius 3 is 2.41 bits per heavy atom. The zero-order valence-corrected chi connectivity index (χ0v) is 24.3. The maximum absolute atomic E-state index is 13.9. The highest BCUT2D eigenvalue weighted by Gasteiger charge is 2.41. The molecule has 0 spiro atoms. The van der Waals surface area contributed by atoms with Crippen molar-refractivity contribution < 1.29 is 31.9 Å². The molecular weight excluding hydrogens is 610 g/mol. The van der Waals surface area contributed by atoms with Gasteiger partial charge in [-0.05, 0) is 61.4 Å². The molecule has 0 radical (unpaired) electrons. The van der Waals surface area contributed by atoms with Crippen molar-refractivity contribution >= 4 is 29.4 Å². The van der Waals surface area contributed by atoms with Crippen LogP contribution in [-0.4, -0.2) is 88.1 Å². The number of benzene rings is 1. The van der Waals surface area contributed by atoms with Crippen molar-refractivity contribution in [2.45, 2.75) is 19.1 Å². The van der Waals surface area contributed by atoms with Crippen molar-refractivity contribution in [1.82, 2.24) is 30.3 Å². The van der Waals surface area contributed by atoms with Gasteiger partial charge in [0, 0.05) is 44.1 Å². The van der Waals surface area contributed by atoms with E-state index in [4.69, 9.17) is 5.26 Å². The predicted octanol–water partition coefficient (Wildman–Crippen LogP) is 2.56. The predicted molar refractivity (Wildman–Crippen MR) is 154 cm³/mol. The molecule has 0 unspecified atom stereocenters. The molecule has 2 aliphatic rings. The number of nitrogens with zero attached hydrogens (tertiary/aromatic N) is 8. The van der Waals surface area contributed by atoms with Gasteiger partial charge in [0.25, 0.3) is 11.8 Å². The Kier molecular flexibility index (Phi) is 8.99. The maximum atomic E-state index is 13.9. The third kappa shape index (κ3) is 6.96. The van der Waals surface area contributed by atoms with Crippen molar-refractivity contribution in [1.29, 1.82) is 5.26 Å². The number of hydrogen-bond acceptors (Lipinski definition) is 8. The number of pyridine rings is 1. The number of piperazine rings is 1. The normalized spacial score (nSPS) is 16.3. The van der Waals surface area contributed by atoms with E-state index in [1.807, 2.05) is 6.19 Å². The minimum Gasteiger partial charge on any atom is -0.335 e. The van der Waals surface area contributed by atoms with Gasteiger partial charge < -0.3 is 15.1 Å². The van der Waals surface area contributed by atoms with Gasteiger partial charge in [0.15, 0.2) is 11.9 Å². The highest BCUT2D eigenvalue weighted by Crippen LogP contribution is 2.33. The summed E-state index contributed by atoms with van der Waals surface area (Å²) in [4.78, 5) is 48.6. The van der Waals surface area contributed by atoms with Gasteiger partial charge in [0.1, 0.15) is 23.4 Å². The van der Waals surface area contributed by atoms with Crippen molar-refractivity contribution in [3.63, 3.8) is 0 Å². The molecule has 5 rings (SSSR count). The number of carbonyl (C=O) groups excluding carboxylic acids is 3. The molecule has 2 saturated heterocycles. The van der Waals surface area contributed by atoms with Crippen molar-refractivity contribution in [3.05, 3.63) is 77.0 Å². The Bertz CT molecular complexity index is 1740. The quantitative estimate of drug-likeness (QED) is 0.257. The average Bonchev–Trinajstić information content (AvgIpc) is 3.44. The van der Waals surface area contributed by atoms with Gasteiger partial charge >= 0.3 is 12.2 Å². The summed E-state index contributed by atoms with van der Waals surface area (Å²) in [5.41, 5.74) is -0.544.